The normalized spacial score (nSPS) is 14.3. The second-order valence-corrected chi connectivity index (χ2v) is 6.73. The number of benzene rings is 1. The van der Waals surface area contributed by atoms with E-state index in [1.54, 1.807) is 0 Å². The summed E-state index contributed by atoms with van der Waals surface area (Å²) in [5.41, 5.74) is 0.939. The molecule has 3 rings (SSSR count). The van der Waals surface area contributed by atoms with Gasteiger partial charge in [-0.3, -0.25) is 14.7 Å². The molecule has 10 heteroatoms. The number of nitrogens with zero attached hydrogens (tertiary/aromatic N) is 4. The van der Waals surface area contributed by atoms with E-state index in [0.717, 1.165) is 26.2 Å². The fraction of sp³-hybridized carbons (Fsp3) is 0.357. The van der Waals surface area contributed by atoms with Crippen LogP contribution in [0.3, 0.4) is 0 Å². The molecule has 0 bridgehead atoms. The second kappa shape index (κ2) is 7.70. The van der Waals surface area contributed by atoms with Gasteiger partial charge in [0, 0.05) is 30.7 Å². The van der Waals surface area contributed by atoms with Crippen molar-refractivity contribution < 1.29 is 4.92 Å². The molecule has 2 heterocycles. The van der Waals surface area contributed by atoms with Gasteiger partial charge in [0.15, 0.2) is 5.52 Å². The van der Waals surface area contributed by atoms with Gasteiger partial charge in [-0.05, 0) is 37.9 Å². The lowest BCUT2D eigenvalue weighted by Gasteiger charge is -2.28. The Morgan fingerprint density at radius 3 is 2.67 bits per heavy atom. The number of nitrogens with one attached hydrogen (secondary N) is 1. The largest absolute Gasteiger partial charge is 0.340 e. The van der Waals surface area contributed by atoms with Gasteiger partial charge in [-0.15, -0.1) is 18.8 Å². The van der Waals surface area contributed by atoms with Gasteiger partial charge >= 0.3 is 5.69 Å². The number of piperazine rings is 1. The van der Waals surface area contributed by atoms with Gasteiger partial charge in [-0.1, -0.05) is 5.92 Å². The number of halogens is 3. The molecule has 1 aromatic heterocycles. The lowest BCUT2D eigenvalue weighted by Crippen LogP contribution is -2.44. The van der Waals surface area contributed by atoms with Gasteiger partial charge in [0.05, 0.1) is 17.0 Å². The van der Waals surface area contributed by atoms with E-state index >= 15 is 0 Å². The average molecular weight is 480 g/mol. The van der Waals surface area contributed by atoms with Crippen LogP contribution in [-0.4, -0.2) is 40.7 Å². The number of aromatic nitrogens is 2. The van der Waals surface area contributed by atoms with Crippen molar-refractivity contribution in [2.45, 2.75) is 6.54 Å². The highest BCUT2D eigenvalue weighted by atomic mass is 79.9. The Bertz CT molecular complexity index is 827. The van der Waals surface area contributed by atoms with Crippen LogP contribution in [0.15, 0.2) is 15.0 Å². The van der Waals surface area contributed by atoms with Crippen molar-refractivity contribution in [2.75, 3.05) is 31.1 Å². The Kier molecular flexibility index (Phi) is 6.09. The highest BCUT2D eigenvalue weighted by Gasteiger charge is 2.27. The van der Waals surface area contributed by atoms with E-state index in [9.17, 15) is 10.1 Å². The van der Waals surface area contributed by atoms with Gasteiger partial charge in [0.25, 0.3) is 0 Å². The number of nitro groups is 1. The quantitative estimate of drug-likeness (QED) is 0.416. The van der Waals surface area contributed by atoms with Crippen LogP contribution in [0, 0.1) is 22.5 Å². The highest BCUT2D eigenvalue weighted by Crippen LogP contribution is 2.40. The first kappa shape index (κ1) is 19.0. The van der Waals surface area contributed by atoms with Crippen molar-refractivity contribution in [1.82, 2.24) is 14.9 Å². The molecule has 1 aliphatic heterocycles. The van der Waals surface area contributed by atoms with Crippen LogP contribution in [-0.2, 0) is 6.54 Å². The van der Waals surface area contributed by atoms with Gasteiger partial charge < -0.3 is 10.2 Å². The van der Waals surface area contributed by atoms with Crippen molar-refractivity contribution in [2.24, 2.45) is 0 Å². The molecule has 1 saturated heterocycles. The van der Waals surface area contributed by atoms with E-state index in [4.69, 9.17) is 6.42 Å². The molecule has 1 fully saturated rings. The highest BCUT2D eigenvalue weighted by molar-refractivity contribution is 9.13. The van der Waals surface area contributed by atoms with Gasteiger partial charge in [-0.25, -0.2) is 4.98 Å². The van der Waals surface area contributed by atoms with E-state index in [0.29, 0.717) is 32.5 Å². The van der Waals surface area contributed by atoms with E-state index < -0.39 is 4.92 Å². The molecule has 0 aliphatic carbocycles. The number of hydrogen-bond acceptors (Lipinski definition) is 5. The summed E-state index contributed by atoms with van der Waals surface area (Å²) in [6, 6.07) is 1.81. The minimum absolute atomic E-state index is 0. The lowest BCUT2D eigenvalue weighted by molar-refractivity contribution is -0.384. The minimum Gasteiger partial charge on any atom is -0.340 e. The third kappa shape index (κ3) is 3.24. The summed E-state index contributed by atoms with van der Waals surface area (Å²) in [6.45, 7) is 3.55. The SMILES string of the molecule is C#CCn1c(N2CCNCC2)nc2c([N+](=O)[O-])c(Br)c(Br)cc21.Cl. The topological polar surface area (TPSA) is 76.2 Å². The van der Waals surface area contributed by atoms with Gasteiger partial charge in [0.2, 0.25) is 5.95 Å². The maximum atomic E-state index is 11.5. The van der Waals surface area contributed by atoms with Crippen molar-refractivity contribution in [1.29, 1.82) is 0 Å². The van der Waals surface area contributed by atoms with E-state index in [-0.39, 0.29) is 18.1 Å². The maximum Gasteiger partial charge on any atom is 0.312 e. The lowest BCUT2D eigenvalue weighted by atomic mass is 10.2. The van der Waals surface area contributed by atoms with Crippen molar-refractivity contribution in [3.63, 3.8) is 0 Å². The molecular formula is C14H14Br2ClN5O2. The van der Waals surface area contributed by atoms with Crippen LogP contribution < -0.4 is 10.2 Å². The third-order valence-electron chi connectivity index (χ3n) is 3.72. The molecule has 0 radical (unpaired) electrons. The van der Waals surface area contributed by atoms with Crippen LogP contribution >= 0.6 is 44.3 Å². The van der Waals surface area contributed by atoms with E-state index in [1.807, 2.05) is 10.6 Å². The third-order valence-corrected chi connectivity index (χ3v) is 5.68. The zero-order chi connectivity index (χ0) is 16.6. The first-order valence-electron chi connectivity index (χ1n) is 6.96. The summed E-state index contributed by atoms with van der Waals surface area (Å²) in [5.74, 6) is 3.28. The Balaban J connectivity index is 0.00000208. The monoisotopic (exact) mass is 477 g/mol. The summed E-state index contributed by atoms with van der Waals surface area (Å²) in [5, 5.41) is 14.8. The molecular weight excluding hydrogens is 465 g/mol. The number of fused-ring (bicyclic) bond motifs is 1. The van der Waals surface area contributed by atoms with E-state index in [2.05, 4.69) is 53.0 Å². The summed E-state index contributed by atoms with van der Waals surface area (Å²) >= 11 is 6.63. The van der Waals surface area contributed by atoms with Crippen molar-refractivity contribution in [3.05, 3.63) is 25.1 Å². The molecule has 0 unspecified atom stereocenters. The Morgan fingerprint density at radius 2 is 2.08 bits per heavy atom. The molecule has 0 spiro atoms. The predicted octanol–water partition coefficient (Wildman–Crippen LogP) is 2.93. The predicted molar refractivity (Wildman–Crippen MR) is 103 cm³/mol. The fourth-order valence-corrected chi connectivity index (χ4v) is 3.55. The second-order valence-electron chi connectivity index (χ2n) is 5.08. The summed E-state index contributed by atoms with van der Waals surface area (Å²) < 4.78 is 2.83. The van der Waals surface area contributed by atoms with E-state index in [1.165, 1.54) is 0 Å². The molecule has 2 aromatic rings. The molecule has 24 heavy (non-hydrogen) atoms. The molecule has 128 valence electrons. The Hall–Kier alpha value is -1.34. The average Bonchev–Trinajstić information content (AvgIpc) is 2.87. The van der Waals surface area contributed by atoms with Crippen LogP contribution in [0.4, 0.5) is 11.6 Å². The first-order valence-corrected chi connectivity index (χ1v) is 8.55. The van der Waals surface area contributed by atoms with Crippen molar-refractivity contribution in [3.8, 4) is 12.3 Å². The number of imidazole rings is 1. The van der Waals surface area contributed by atoms with Crippen LogP contribution in [0.5, 0.6) is 0 Å². The minimum atomic E-state index is -0.425. The number of hydrogen-bond donors (Lipinski definition) is 1. The Labute approximate surface area is 161 Å². The maximum absolute atomic E-state index is 11.5. The Morgan fingerprint density at radius 1 is 1.42 bits per heavy atom. The standard InChI is InChI=1S/C14H13Br2N5O2.ClH/c1-2-5-20-10-8-9(15)11(16)13(21(22)23)12(10)18-14(20)19-6-3-17-4-7-19;/h1,8,17H,3-7H2;1H. The molecule has 7 nitrogen and oxygen atoms in total. The molecule has 0 amide bonds. The zero-order valence-electron chi connectivity index (χ0n) is 12.5. The summed E-state index contributed by atoms with van der Waals surface area (Å²) in [6.07, 6.45) is 5.49. The number of nitro benzene ring substituents is 1. The summed E-state index contributed by atoms with van der Waals surface area (Å²) in [7, 11) is 0. The zero-order valence-corrected chi connectivity index (χ0v) is 16.4. The van der Waals surface area contributed by atoms with Gasteiger partial charge in [0.1, 0.15) is 4.47 Å². The fourth-order valence-electron chi connectivity index (χ4n) is 2.69. The summed E-state index contributed by atoms with van der Waals surface area (Å²) in [4.78, 5) is 17.7. The van der Waals surface area contributed by atoms with Crippen LogP contribution in [0.1, 0.15) is 0 Å². The molecule has 1 N–H and O–H groups in total. The molecule has 1 aliphatic rings. The van der Waals surface area contributed by atoms with Crippen molar-refractivity contribution >= 4 is 66.9 Å². The number of terminal acetylenes is 1. The molecule has 1 aromatic carbocycles. The first-order chi connectivity index (χ1) is 11.0. The van der Waals surface area contributed by atoms with Crippen LogP contribution in [0.2, 0.25) is 0 Å². The van der Waals surface area contributed by atoms with Crippen LogP contribution in [0.25, 0.3) is 11.0 Å². The van der Waals surface area contributed by atoms with Gasteiger partial charge in [-0.2, -0.15) is 0 Å². The number of rotatable bonds is 3. The molecule has 0 saturated carbocycles. The molecule has 0 atom stereocenters. The number of anilines is 1. The smallest absolute Gasteiger partial charge is 0.312 e.